The van der Waals surface area contributed by atoms with Gasteiger partial charge in [-0.1, -0.05) is 226 Å². The van der Waals surface area contributed by atoms with Crippen molar-refractivity contribution in [3.63, 3.8) is 0 Å². The highest BCUT2D eigenvalue weighted by atomic mass is 16.7. The Hall–Kier alpha value is -0.810. The van der Waals surface area contributed by atoms with E-state index >= 15 is 0 Å². The van der Waals surface area contributed by atoms with Crippen molar-refractivity contribution in [2.24, 2.45) is 0 Å². The van der Waals surface area contributed by atoms with E-state index < -0.39 is 49.5 Å². The molecule has 0 radical (unpaired) electrons. The van der Waals surface area contributed by atoms with Crippen LogP contribution >= 0.6 is 0 Å². The minimum absolute atomic E-state index is 0.131. The highest BCUT2D eigenvalue weighted by Gasteiger charge is 2.44. The summed E-state index contributed by atoms with van der Waals surface area (Å²) in [6, 6.07) is -0.711. The lowest BCUT2D eigenvalue weighted by molar-refractivity contribution is -0.302. The van der Waals surface area contributed by atoms with E-state index in [0.29, 0.717) is 12.8 Å². The van der Waals surface area contributed by atoms with Crippen LogP contribution < -0.4 is 5.32 Å². The molecule has 0 saturated carbocycles. The van der Waals surface area contributed by atoms with Gasteiger partial charge in [-0.2, -0.15) is 0 Å². The number of ether oxygens (including phenoxy) is 2. The first kappa shape index (κ1) is 54.2. The van der Waals surface area contributed by atoms with Crippen LogP contribution in [0, 0.1) is 0 Å². The molecule has 1 saturated heterocycles. The quantitative estimate of drug-likeness (QED) is 0.0334. The Balaban J connectivity index is 2.28. The third-order valence-electron chi connectivity index (χ3n) is 12.2. The second kappa shape index (κ2) is 39.3. The number of carbonyl (C=O) groups is 1. The van der Waals surface area contributed by atoms with Gasteiger partial charge in [-0.3, -0.25) is 4.79 Å². The molecule has 0 aromatic rings. The number of hydrogen-bond donors (Lipinski definition) is 6. The molecular formula is C48H95NO8. The van der Waals surface area contributed by atoms with Gasteiger partial charge in [-0.25, -0.2) is 0 Å². The van der Waals surface area contributed by atoms with Crippen LogP contribution in [0.1, 0.15) is 245 Å². The van der Waals surface area contributed by atoms with Crippen LogP contribution in [-0.2, 0) is 14.3 Å². The highest BCUT2D eigenvalue weighted by Crippen LogP contribution is 2.23. The zero-order chi connectivity index (χ0) is 41.6. The van der Waals surface area contributed by atoms with E-state index in [9.17, 15) is 30.3 Å². The highest BCUT2D eigenvalue weighted by molar-refractivity contribution is 5.76. The summed E-state index contributed by atoms with van der Waals surface area (Å²) < 4.78 is 11.3. The average Bonchev–Trinajstić information content (AvgIpc) is 3.21. The molecule has 6 N–H and O–H groups in total. The predicted octanol–water partition coefficient (Wildman–Crippen LogP) is 10.7. The molecule has 340 valence electrons. The summed E-state index contributed by atoms with van der Waals surface area (Å²) in [5.74, 6) is -0.140. The Kier molecular flexibility index (Phi) is 37.4. The Labute approximate surface area is 351 Å². The van der Waals surface area contributed by atoms with E-state index in [0.717, 1.165) is 38.5 Å². The van der Waals surface area contributed by atoms with Gasteiger partial charge in [0.15, 0.2) is 6.29 Å². The number of rotatable bonds is 42. The summed E-state index contributed by atoms with van der Waals surface area (Å²) in [5, 5.41) is 54.4. The molecule has 1 amide bonds. The van der Waals surface area contributed by atoms with E-state index in [-0.39, 0.29) is 12.5 Å². The van der Waals surface area contributed by atoms with Crippen LogP contribution in [0.3, 0.4) is 0 Å². The summed E-state index contributed by atoms with van der Waals surface area (Å²) in [4.78, 5) is 13.0. The van der Waals surface area contributed by atoms with Crippen LogP contribution in [0.15, 0.2) is 0 Å². The zero-order valence-electron chi connectivity index (χ0n) is 37.4. The van der Waals surface area contributed by atoms with Crippen LogP contribution in [0.2, 0.25) is 0 Å². The van der Waals surface area contributed by atoms with Crippen molar-refractivity contribution in [1.82, 2.24) is 5.32 Å². The summed E-state index contributed by atoms with van der Waals surface area (Å²) in [6.07, 6.45) is 36.8. The normalized spacial score (nSPS) is 20.9. The van der Waals surface area contributed by atoms with Gasteiger partial charge in [0.2, 0.25) is 5.91 Å². The molecule has 0 bridgehead atoms. The number of amides is 1. The van der Waals surface area contributed by atoms with Gasteiger partial charge < -0.3 is 40.3 Å². The monoisotopic (exact) mass is 814 g/mol. The van der Waals surface area contributed by atoms with Crippen molar-refractivity contribution < 1.29 is 39.8 Å². The van der Waals surface area contributed by atoms with E-state index in [2.05, 4.69) is 19.2 Å². The zero-order valence-corrected chi connectivity index (χ0v) is 37.4. The van der Waals surface area contributed by atoms with Gasteiger partial charge in [0.05, 0.1) is 25.4 Å². The second-order valence-corrected chi connectivity index (χ2v) is 17.6. The fraction of sp³-hybridized carbons (Fsp3) is 0.979. The lowest BCUT2D eigenvalue weighted by Crippen LogP contribution is -2.60. The number of aliphatic hydroxyl groups excluding tert-OH is 5. The first-order chi connectivity index (χ1) is 27.8. The third kappa shape index (κ3) is 30.0. The maximum atomic E-state index is 13.0. The Morgan fingerprint density at radius 2 is 0.877 bits per heavy atom. The van der Waals surface area contributed by atoms with Gasteiger partial charge in [0, 0.05) is 6.42 Å². The molecule has 1 rings (SSSR count). The van der Waals surface area contributed by atoms with Gasteiger partial charge in [-0.15, -0.1) is 0 Å². The van der Waals surface area contributed by atoms with Crippen molar-refractivity contribution in [3.8, 4) is 0 Å². The van der Waals surface area contributed by atoms with E-state index in [4.69, 9.17) is 9.47 Å². The van der Waals surface area contributed by atoms with Crippen molar-refractivity contribution >= 4 is 5.91 Å². The molecule has 7 atom stereocenters. The van der Waals surface area contributed by atoms with E-state index in [1.54, 1.807) is 0 Å². The molecule has 57 heavy (non-hydrogen) atoms. The van der Waals surface area contributed by atoms with Crippen molar-refractivity contribution in [3.05, 3.63) is 0 Å². The number of unbranched alkanes of at least 4 members (excludes halogenated alkanes) is 32. The molecule has 0 aromatic heterocycles. The van der Waals surface area contributed by atoms with Crippen LogP contribution in [0.25, 0.3) is 0 Å². The topological polar surface area (TPSA) is 149 Å². The van der Waals surface area contributed by atoms with Crippen LogP contribution in [-0.4, -0.2) is 87.5 Å². The van der Waals surface area contributed by atoms with Crippen molar-refractivity contribution in [2.75, 3.05) is 13.2 Å². The van der Waals surface area contributed by atoms with Crippen molar-refractivity contribution in [1.29, 1.82) is 0 Å². The minimum Gasteiger partial charge on any atom is -0.394 e. The lowest BCUT2D eigenvalue weighted by Gasteiger charge is -2.40. The Morgan fingerprint density at radius 1 is 0.526 bits per heavy atom. The molecular weight excluding hydrogens is 719 g/mol. The second-order valence-electron chi connectivity index (χ2n) is 17.6. The lowest BCUT2D eigenvalue weighted by atomic mass is 9.99. The van der Waals surface area contributed by atoms with Crippen molar-refractivity contribution in [2.45, 2.75) is 288 Å². The molecule has 1 aliphatic heterocycles. The van der Waals surface area contributed by atoms with Gasteiger partial charge in [0.1, 0.15) is 24.4 Å². The molecule has 1 aliphatic rings. The van der Waals surface area contributed by atoms with Crippen LogP contribution in [0.4, 0.5) is 0 Å². The fourth-order valence-corrected chi connectivity index (χ4v) is 8.22. The van der Waals surface area contributed by atoms with E-state index in [1.165, 1.54) is 180 Å². The number of aliphatic hydroxyl groups is 5. The molecule has 0 aliphatic carbocycles. The summed E-state index contributed by atoms with van der Waals surface area (Å²) in [7, 11) is 0. The number of hydrogen-bond acceptors (Lipinski definition) is 8. The Morgan fingerprint density at radius 3 is 1.25 bits per heavy atom. The molecule has 9 heteroatoms. The molecule has 1 heterocycles. The number of carbonyl (C=O) groups excluding carboxylic acids is 1. The predicted molar refractivity (Wildman–Crippen MR) is 235 cm³/mol. The third-order valence-corrected chi connectivity index (χ3v) is 12.2. The molecule has 1 fully saturated rings. The average molecular weight is 814 g/mol. The standard InChI is InChI=1S/C48H95NO8/c1-3-5-7-9-11-13-15-17-19-20-21-22-24-25-27-29-31-33-35-37-42(51)41(40-56-48-47(55)46(54)45(53)43(39-50)57-48)49-44(52)38-36-34-32-30-28-26-23-18-16-14-12-10-8-6-4-2/h41-43,45-48,50-51,53-55H,3-40H2,1-2H3,(H,49,52). The van der Waals surface area contributed by atoms with Crippen LogP contribution in [0.5, 0.6) is 0 Å². The first-order valence-electron chi connectivity index (χ1n) is 24.7. The summed E-state index contributed by atoms with van der Waals surface area (Å²) >= 11 is 0. The maximum Gasteiger partial charge on any atom is 0.220 e. The van der Waals surface area contributed by atoms with Gasteiger partial charge in [0.25, 0.3) is 0 Å². The first-order valence-corrected chi connectivity index (χ1v) is 24.7. The summed E-state index contributed by atoms with van der Waals surface area (Å²) in [5.41, 5.74) is 0. The SMILES string of the molecule is CCCCCCCCCCCCCCCCCCCCCC(O)C(COC1OC(CO)C(O)C(O)C1O)NC(=O)CCCCCCCCCCCCCCCCC. The Bertz CT molecular complexity index is 862. The maximum absolute atomic E-state index is 13.0. The molecule has 0 aromatic carbocycles. The molecule has 9 nitrogen and oxygen atoms in total. The summed E-state index contributed by atoms with van der Waals surface area (Å²) in [6.45, 7) is 3.86. The fourth-order valence-electron chi connectivity index (χ4n) is 8.22. The minimum atomic E-state index is -1.55. The van der Waals surface area contributed by atoms with Gasteiger partial charge >= 0.3 is 0 Å². The van der Waals surface area contributed by atoms with Gasteiger partial charge in [-0.05, 0) is 12.8 Å². The molecule has 7 unspecified atom stereocenters. The van der Waals surface area contributed by atoms with E-state index in [1.807, 2.05) is 0 Å². The number of nitrogens with one attached hydrogen (secondary N) is 1. The smallest absolute Gasteiger partial charge is 0.220 e. The largest absolute Gasteiger partial charge is 0.394 e. The molecule has 0 spiro atoms.